The van der Waals surface area contributed by atoms with Gasteiger partial charge in [-0.1, -0.05) is 13.0 Å². The van der Waals surface area contributed by atoms with E-state index in [-0.39, 0.29) is 0 Å². The molecule has 5 nitrogen and oxygen atoms in total. The van der Waals surface area contributed by atoms with Crippen molar-refractivity contribution in [2.75, 3.05) is 13.7 Å². The predicted octanol–water partition coefficient (Wildman–Crippen LogP) is 1.98. The van der Waals surface area contributed by atoms with E-state index in [4.69, 9.17) is 4.74 Å². The molecule has 1 N–H and O–H groups in total. The van der Waals surface area contributed by atoms with Gasteiger partial charge < -0.3 is 14.6 Å². The van der Waals surface area contributed by atoms with Gasteiger partial charge in [0.2, 0.25) is 5.88 Å². The third-order valence-electron chi connectivity index (χ3n) is 3.52. The highest BCUT2D eigenvalue weighted by Gasteiger charge is 2.13. The highest BCUT2D eigenvalue weighted by molar-refractivity contribution is 5.19. The topological polar surface area (TPSA) is 52.0 Å². The molecule has 0 saturated heterocycles. The average Bonchev–Trinajstić information content (AvgIpc) is 2.91. The molecular formula is C16H24N4O. The molecule has 1 unspecified atom stereocenters. The quantitative estimate of drug-likeness (QED) is 0.807. The normalized spacial score (nSPS) is 12.3. The fourth-order valence-electron chi connectivity index (χ4n) is 2.32. The largest absolute Gasteiger partial charge is 0.481 e. The summed E-state index contributed by atoms with van der Waals surface area (Å²) in [4.78, 5) is 8.69. The van der Waals surface area contributed by atoms with Gasteiger partial charge in [0.25, 0.3) is 0 Å². The number of methoxy groups -OCH3 is 1. The van der Waals surface area contributed by atoms with Crippen molar-refractivity contribution in [1.82, 2.24) is 19.9 Å². The van der Waals surface area contributed by atoms with Crippen LogP contribution in [0, 0.1) is 0 Å². The number of aryl methyl sites for hydroxylation is 1. The van der Waals surface area contributed by atoms with Crippen molar-refractivity contribution in [1.29, 1.82) is 0 Å². The average molecular weight is 288 g/mol. The van der Waals surface area contributed by atoms with Crippen LogP contribution in [0.15, 0.2) is 30.7 Å². The summed E-state index contributed by atoms with van der Waals surface area (Å²) in [6.07, 6.45) is 8.69. The highest BCUT2D eigenvalue weighted by atomic mass is 16.5. The summed E-state index contributed by atoms with van der Waals surface area (Å²) < 4.78 is 7.18. The summed E-state index contributed by atoms with van der Waals surface area (Å²) in [7, 11) is 3.67. The summed E-state index contributed by atoms with van der Waals surface area (Å²) >= 11 is 0. The van der Waals surface area contributed by atoms with E-state index in [1.807, 2.05) is 31.7 Å². The molecule has 5 heteroatoms. The number of hydrogen-bond donors (Lipinski definition) is 1. The number of nitrogens with zero attached hydrogens (tertiary/aromatic N) is 3. The SMILES string of the molecule is CCCNC(Cc1ccc(OC)nc1)Cc1nccn1C. The van der Waals surface area contributed by atoms with Crippen LogP contribution in [0.25, 0.3) is 0 Å². The first-order valence-electron chi connectivity index (χ1n) is 7.41. The Morgan fingerprint density at radius 3 is 2.71 bits per heavy atom. The lowest BCUT2D eigenvalue weighted by Crippen LogP contribution is -2.34. The van der Waals surface area contributed by atoms with Crippen molar-refractivity contribution in [2.45, 2.75) is 32.2 Å². The Hall–Kier alpha value is -1.88. The molecule has 1 atom stereocenters. The third kappa shape index (κ3) is 4.56. The third-order valence-corrected chi connectivity index (χ3v) is 3.52. The maximum Gasteiger partial charge on any atom is 0.212 e. The fraction of sp³-hybridized carbons (Fsp3) is 0.500. The van der Waals surface area contributed by atoms with Crippen LogP contribution in [-0.4, -0.2) is 34.2 Å². The number of pyridine rings is 1. The van der Waals surface area contributed by atoms with E-state index in [9.17, 15) is 0 Å². The van der Waals surface area contributed by atoms with Gasteiger partial charge in [-0.15, -0.1) is 0 Å². The standard InChI is InChI=1S/C16H24N4O/c1-4-7-17-14(11-15-18-8-9-20(15)2)10-13-5-6-16(21-3)19-12-13/h5-6,8-9,12,14,17H,4,7,10-11H2,1-3H3. The molecule has 0 aliphatic rings. The van der Waals surface area contributed by atoms with Crippen LogP contribution in [0.4, 0.5) is 0 Å². The van der Waals surface area contributed by atoms with E-state index < -0.39 is 0 Å². The number of ether oxygens (including phenoxy) is 1. The molecule has 0 fully saturated rings. The number of imidazole rings is 1. The van der Waals surface area contributed by atoms with Crippen LogP contribution in [0.1, 0.15) is 24.7 Å². The molecule has 0 spiro atoms. The van der Waals surface area contributed by atoms with Gasteiger partial charge in [-0.3, -0.25) is 0 Å². The maximum absolute atomic E-state index is 5.10. The molecule has 0 radical (unpaired) electrons. The minimum absolute atomic E-state index is 0.362. The lowest BCUT2D eigenvalue weighted by atomic mass is 10.0. The van der Waals surface area contributed by atoms with Crippen LogP contribution >= 0.6 is 0 Å². The van der Waals surface area contributed by atoms with Crippen molar-refractivity contribution in [3.63, 3.8) is 0 Å². The molecule has 0 bridgehead atoms. The summed E-state index contributed by atoms with van der Waals surface area (Å²) in [5, 5.41) is 3.60. The summed E-state index contributed by atoms with van der Waals surface area (Å²) in [5.74, 6) is 1.76. The number of rotatable bonds is 8. The molecule has 114 valence electrons. The van der Waals surface area contributed by atoms with E-state index in [1.54, 1.807) is 7.11 Å². The zero-order chi connectivity index (χ0) is 15.1. The van der Waals surface area contributed by atoms with E-state index in [0.29, 0.717) is 11.9 Å². The lowest BCUT2D eigenvalue weighted by molar-refractivity contribution is 0.397. The van der Waals surface area contributed by atoms with Gasteiger partial charge in [-0.2, -0.15) is 0 Å². The first-order chi connectivity index (χ1) is 10.2. The summed E-state index contributed by atoms with van der Waals surface area (Å²) in [6, 6.07) is 4.35. The second-order valence-corrected chi connectivity index (χ2v) is 5.22. The van der Waals surface area contributed by atoms with Crippen molar-refractivity contribution in [3.05, 3.63) is 42.1 Å². The van der Waals surface area contributed by atoms with E-state index in [0.717, 1.165) is 31.6 Å². The molecule has 2 aromatic rings. The molecule has 0 saturated carbocycles. The van der Waals surface area contributed by atoms with Gasteiger partial charge in [0.15, 0.2) is 0 Å². The first-order valence-corrected chi connectivity index (χ1v) is 7.41. The highest BCUT2D eigenvalue weighted by Crippen LogP contribution is 2.11. The van der Waals surface area contributed by atoms with Gasteiger partial charge in [0.05, 0.1) is 7.11 Å². The van der Waals surface area contributed by atoms with E-state index >= 15 is 0 Å². The van der Waals surface area contributed by atoms with Crippen LogP contribution in [-0.2, 0) is 19.9 Å². The molecule has 2 heterocycles. The van der Waals surface area contributed by atoms with Crippen LogP contribution < -0.4 is 10.1 Å². The Kier molecular flexibility index (Phi) is 5.75. The minimum Gasteiger partial charge on any atom is -0.481 e. The lowest BCUT2D eigenvalue weighted by Gasteiger charge is -2.18. The zero-order valence-corrected chi connectivity index (χ0v) is 13.0. The Balaban J connectivity index is 2.02. The second kappa shape index (κ2) is 7.78. The smallest absolute Gasteiger partial charge is 0.212 e. The number of aromatic nitrogens is 3. The monoisotopic (exact) mass is 288 g/mol. The Morgan fingerprint density at radius 2 is 2.14 bits per heavy atom. The van der Waals surface area contributed by atoms with Crippen LogP contribution in [0.3, 0.4) is 0 Å². The first kappa shape index (κ1) is 15.5. The number of nitrogens with one attached hydrogen (secondary N) is 1. The van der Waals surface area contributed by atoms with Gasteiger partial charge in [0.1, 0.15) is 5.82 Å². The number of hydrogen-bond acceptors (Lipinski definition) is 4. The minimum atomic E-state index is 0.362. The Labute approximate surface area is 126 Å². The van der Waals surface area contributed by atoms with Crippen molar-refractivity contribution >= 4 is 0 Å². The van der Waals surface area contributed by atoms with Gasteiger partial charge in [-0.05, 0) is 24.9 Å². The molecule has 0 amide bonds. The second-order valence-electron chi connectivity index (χ2n) is 5.22. The molecule has 0 aliphatic carbocycles. The summed E-state index contributed by atoms with van der Waals surface area (Å²) in [5.41, 5.74) is 1.21. The van der Waals surface area contributed by atoms with Crippen LogP contribution in [0.2, 0.25) is 0 Å². The zero-order valence-electron chi connectivity index (χ0n) is 13.0. The molecule has 2 rings (SSSR count). The summed E-state index contributed by atoms with van der Waals surface area (Å²) in [6.45, 7) is 3.19. The van der Waals surface area contributed by atoms with Gasteiger partial charge in [0, 0.05) is 44.2 Å². The van der Waals surface area contributed by atoms with E-state index in [1.165, 1.54) is 5.56 Å². The van der Waals surface area contributed by atoms with Gasteiger partial charge >= 0.3 is 0 Å². The molecule has 21 heavy (non-hydrogen) atoms. The molecule has 2 aromatic heterocycles. The molecule has 0 aromatic carbocycles. The maximum atomic E-state index is 5.10. The molecule has 0 aliphatic heterocycles. The van der Waals surface area contributed by atoms with Crippen molar-refractivity contribution in [2.24, 2.45) is 7.05 Å². The predicted molar refractivity (Wildman–Crippen MR) is 83.5 cm³/mol. The van der Waals surface area contributed by atoms with Crippen LogP contribution in [0.5, 0.6) is 5.88 Å². The van der Waals surface area contributed by atoms with Crippen molar-refractivity contribution in [3.8, 4) is 5.88 Å². The van der Waals surface area contributed by atoms with Gasteiger partial charge in [-0.25, -0.2) is 9.97 Å². The van der Waals surface area contributed by atoms with E-state index in [2.05, 4.69) is 32.8 Å². The Morgan fingerprint density at radius 1 is 1.29 bits per heavy atom. The Bertz CT molecular complexity index is 535. The fourth-order valence-corrected chi connectivity index (χ4v) is 2.32. The van der Waals surface area contributed by atoms with Crippen molar-refractivity contribution < 1.29 is 4.74 Å². The molecular weight excluding hydrogens is 264 g/mol.